The molecule has 0 aromatic carbocycles. The second kappa shape index (κ2) is 2.91. The van der Waals surface area contributed by atoms with Crippen LogP contribution in [0.2, 0.25) is 0 Å². The van der Waals surface area contributed by atoms with Crippen molar-refractivity contribution in [3.63, 3.8) is 0 Å². The van der Waals surface area contributed by atoms with Gasteiger partial charge in [-0.25, -0.2) is 4.98 Å². The second-order valence-electron chi connectivity index (χ2n) is 1.73. The van der Waals surface area contributed by atoms with Crippen LogP contribution in [0.15, 0.2) is 12.4 Å². The first-order chi connectivity index (χ1) is 4.84. The van der Waals surface area contributed by atoms with Gasteiger partial charge in [-0.2, -0.15) is 0 Å². The predicted octanol–water partition coefficient (Wildman–Crippen LogP) is 0.181. The molecular formula is C6H6N2O2. The predicted molar refractivity (Wildman–Crippen MR) is 33.6 cm³/mol. The Morgan fingerprint density at radius 2 is 2.60 bits per heavy atom. The number of aldehydes is 1. The summed E-state index contributed by atoms with van der Waals surface area (Å²) in [6, 6.07) is 0. The molecule has 4 heteroatoms. The lowest BCUT2D eigenvalue weighted by Crippen LogP contribution is -2.01. The van der Waals surface area contributed by atoms with E-state index >= 15 is 0 Å². The number of imidazole rings is 1. The van der Waals surface area contributed by atoms with Crippen molar-refractivity contribution in [2.75, 3.05) is 0 Å². The third-order valence-corrected chi connectivity index (χ3v) is 1.03. The average Bonchev–Trinajstić information content (AvgIpc) is 2.38. The Labute approximate surface area is 57.3 Å². The maximum atomic E-state index is 10.8. The number of hydrogen-bond acceptors (Lipinski definition) is 3. The molecule has 0 radical (unpaired) electrons. The molecule has 0 spiro atoms. The fraction of sp³-hybridized carbons (Fsp3) is 0.167. The van der Waals surface area contributed by atoms with Crippen molar-refractivity contribution in [3.05, 3.63) is 18.2 Å². The van der Waals surface area contributed by atoms with Crippen LogP contribution in [-0.2, 0) is 4.79 Å². The van der Waals surface area contributed by atoms with Crippen LogP contribution in [0.1, 0.15) is 17.0 Å². The van der Waals surface area contributed by atoms with E-state index in [1.807, 2.05) is 0 Å². The third-order valence-electron chi connectivity index (χ3n) is 1.03. The van der Waals surface area contributed by atoms with Gasteiger partial charge in [0.15, 0.2) is 5.82 Å². The van der Waals surface area contributed by atoms with Gasteiger partial charge in [0.25, 0.3) is 0 Å². The zero-order chi connectivity index (χ0) is 7.40. The minimum absolute atomic E-state index is 0.104. The topological polar surface area (TPSA) is 62.8 Å². The Kier molecular flexibility index (Phi) is 1.94. The van der Waals surface area contributed by atoms with E-state index in [-0.39, 0.29) is 18.0 Å². The molecular weight excluding hydrogens is 132 g/mol. The normalized spacial score (nSPS) is 9.20. The second-order valence-corrected chi connectivity index (χ2v) is 1.73. The van der Waals surface area contributed by atoms with Gasteiger partial charge in [0.05, 0.1) is 6.42 Å². The SMILES string of the molecule is O=CCC(=O)c1ncc[nH]1. The molecule has 0 bridgehead atoms. The molecule has 1 aromatic rings. The summed E-state index contributed by atoms with van der Waals surface area (Å²) in [5.41, 5.74) is 0. The highest BCUT2D eigenvalue weighted by Crippen LogP contribution is 1.92. The Morgan fingerprint density at radius 1 is 1.80 bits per heavy atom. The van der Waals surface area contributed by atoms with Crippen molar-refractivity contribution in [3.8, 4) is 0 Å². The molecule has 0 saturated heterocycles. The third kappa shape index (κ3) is 1.28. The van der Waals surface area contributed by atoms with Crippen LogP contribution in [0.25, 0.3) is 0 Å². The molecule has 0 saturated carbocycles. The van der Waals surface area contributed by atoms with Gasteiger partial charge in [-0.05, 0) is 0 Å². The molecule has 0 aliphatic carbocycles. The van der Waals surface area contributed by atoms with Gasteiger partial charge in [0.2, 0.25) is 5.78 Å². The highest BCUT2D eigenvalue weighted by molar-refractivity contribution is 5.99. The molecule has 0 atom stereocenters. The number of nitrogens with one attached hydrogen (secondary N) is 1. The number of ketones is 1. The number of Topliss-reactive ketones (excluding diaryl/α,β-unsaturated/α-hetero) is 1. The number of H-pyrrole nitrogens is 1. The summed E-state index contributed by atoms with van der Waals surface area (Å²) >= 11 is 0. The summed E-state index contributed by atoms with van der Waals surface area (Å²) in [5, 5.41) is 0. The molecule has 52 valence electrons. The quantitative estimate of drug-likeness (QED) is 0.368. The minimum Gasteiger partial charge on any atom is -0.342 e. The van der Waals surface area contributed by atoms with Crippen LogP contribution in [-0.4, -0.2) is 22.0 Å². The molecule has 0 amide bonds. The van der Waals surface area contributed by atoms with E-state index in [9.17, 15) is 9.59 Å². The highest BCUT2D eigenvalue weighted by atomic mass is 16.1. The van der Waals surface area contributed by atoms with Crippen LogP contribution < -0.4 is 0 Å². The molecule has 10 heavy (non-hydrogen) atoms. The van der Waals surface area contributed by atoms with Crippen LogP contribution in [0, 0.1) is 0 Å². The van der Waals surface area contributed by atoms with Gasteiger partial charge in [-0.3, -0.25) is 4.79 Å². The van der Waals surface area contributed by atoms with E-state index in [0.717, 1.165) is 0 Å². The Bertz CT molecular complexity index is 228. The number of aromatic amines is 1. The molecule has 0 aliphatic rings. The molecule has 0 unspecified atom stereocenters. The molecule has 4 nitrogen and oxygen atoms in total. The molecule has 1 heterocycles. The van der Waals surface area contributed by atoms with E-state index in [1.165, 1.54) is 12.4 Å². The molecule has 1 aromatic heterocycles. The van der Waals surface area contributed by atoms with E-state index in [1.54, 1.807) is 0 Å². The number of carbonyl (C=O) groups excluding carboxylic acids is 2. The lowest BCUT2D eigenvalue weighted by atomic mass is 10.3. The van der Waals surface area contributed by atoms with Gasteiger partial charge >= 0.3 is 0 Å². The lowest BCUT2D eigenvalue weighted by molar-refractivity contribution is -0.107. The summed E-state index contributed by atoms with van der Waals surface area (Å²) in [4.78, 5) is 26.9. The molecule has 0 aliphatic heterocycles. The molecule has 1 N–H and O–H groups in total. The van der Waals surface area contributed by atoms with Gasteiger partial charge in [0.1, 0.15) is 6.29 Å². The van der Waals surface area contributed by atoms with Gasteiger partial charge in [0, 0.05) is 12.4 Å². The van der Waals surface area contributed by atoms with Crippen LogP contribution >= 0.6 is 0 Å². The zero-order valence-corrected chi connectivity index (χ0v) is 5.20. The maximum absolute atomic E-state index is 10.8. The number of hydrogen-bond donors (Lipinski definition) is 1. The number of rotatable bonds is 3. The summed E-state index contributed by atoms with van der Waals surface area (Å²) in [7, 11) is 0. The van der Waals surface area contributed by atoms with Crippen molar-refractivity contribution < 1.29 is 9.59 Å². The first-order valence-electron chi connectivity index (χ1n) is 2.81. The van der Waals surface area contributed by atoms with E-state index in [4.69, 9.17) is 0 Å². The smallest absolute Gasteiger partial charge is 0.205 e. The van der Waals surface area contributed by atoms with Crippen LogP contribution in [0.5, 0.6) is 0 Å². The monoisotopic (exact) mass is 138 g/mol. The van der Waals surface area contributed by atoms with Crippen molar-refractivity contribution >= 4 is 12.1 Å². The van der Waals surface area contributed by atoms with Crippen molar-refractivity contribution in [2.45, 2.75) is 6.42 Å². The molecule has 1 rings (SSSR count). The van der Waals surface area contributed by atoms with Gasteiger partial charge in [-0.15, -0.1) is 0 Å². The molecule has 0 fully saturated rings. The van der Waals surface area contributed by atoms with Gasteiger partial charge < -0.3 is 9.78 Å². The Hall–Kier alpha value is -1.45. The van der Waals surface area contributed by atoms with Crippen molar-refractivity contribution in [1.29, 1.82) is 0 Å². The summed E-state index contributed by atoms with van der Waals surface area (Å²) in [6.45, 7) is 0. The standard InChI is InChI=1S/C6H6N2O2/c9-4-1-5(10)6-7-2-3-8-6/h2-4H,1H2,(H,7,8). The summed E-state index contributed by atoms with van der Waals surface area (Å²) < 4.78 is 0. The van der Waals surface area contributed by atoms with Crippen molar-refractivity contribution in [1.82, 2.24) is 9.97 Å². The highest BCUT2D eigenvalue weighted by Gasteiger charge is 2.05. The Balaban J connectivity index is 2.68. The first kappa shape index (κ1) is 6.67. The van der Waals surface area contributed by atoms with Gasteiger partial charge in [-0.1, -0.05) is 0 Å². The average molecular weight is 138 g/mol. The summed E-state index contributed by atoms with van der Waals surface area (Å²) in [5.74, 6) is -0.0351. The fourth-order valence-electron chi connectivity index (χ4n) is 0.590. The van der Waals surface area contributed by atoms with Crippen LogP contribution in [0.3, 0.4) is 0 Å². The van der Waals surface area contributed by atoms with E-state index in [2.05, 4.69) is 9.97 Å². The summed E-state index contributed by atoms with van der Waals surface area (Å²) in [6.07, 6.45) is 3.47. The minimum atomic E-state index is -0.278. The number of carbonyl (C=O) groups is 2. The van der Waals surface area contributed by atoms with E-state index in [0.29, 0.717) is 6.29 Å². The largest absolute Gasteiger partial charge is 0.342 e. The number of nitrogens with zero attached hydrogens (tertiary/aromatic N) is 1. The van der Waals surface area contributed by atoms with Crippen molar-refractivity contribution in [2.24, 2.45) is 0 Å². The first-order valence-corrected chi connectivity index (χ1v) is 2.81. The fourth-order valence-corrected chi connectivity index (χ4v) is 0.590. The Morgan fingerprint density at radius 3 is 3.10 bits per heavy atom. The maximum Gasteiger partial charge on any atom is 0.205 e. The lowest BCUT2D eigenvalue weighted by Gasteiger charge is -1.85. The van der Waals surface area contributed by atoms with E-state index < -0.39 is 0 Å². The zero-order valence-electron chi connectivity index (χ0n) is 5.20. The number of aromatic nitrogens is 2. The van der Waals surface area contributed by atoms with Crippen LogP contribution in [0.4, 0.5) is 0 Å².